The topological polar surface area (TPSA) is 29.5 Å². The fourth-order valence-electron chi connectivity index (χ4n) is 2.96. The number of nitrogens with zero attached hydrogens (tertiary/aromatic N) is 1. The molecular formula is C21H23NO2. The van der Waals surface area contributed by atoms with Crippen molar-refractivity contribution >= 4 is 5.91 Å². The van der Waals surface area contributed by atoms with Gasteiger partial charge in [-0.2, -0.15) is 0 Å². The van der Waals surface area contributed by atoms with Crippen molar-refractivity contribution in [1.82, 2.24) is 4.90 Å². The van der Waals surface area contributed by atoms with Gasteiger partial charge in [0.2, 0.25) is 0 Å². The van der Waals surface area contributed by atoms with E-state index in [9.17, 15) is 4.79 Å². The zero-order chi connectivity index (χ0) is 16.4. The Morgan fingerprint density at radius 3 is 2.29 bits per heavy atom. The number of benzene rings is 2. The van der Waals surface area contributed by atoms with Crippen LogP contribution in [0.25, 0.3) is 0 Å². The van der Waals surface area contributed by atoms with E-state index in [1.807, 2.05) is 54.6 Å². The lowest BCUT2D eigenvalue weighted by Gasteiger charge is -2.22. The van der Waals surface area contributed by atoms with Crippen molar-refractivity contribution in [1.29, 1.82) is 0 Å². The van der Waals surface area contributed by atoms with Crippen molar-refractivity contribution in [3.8, 4) is 5.75 Å². The minimum Gasteiger partial charge on any atom is -0.489 e. The molecule has 0 unspecified atom stereocenters. The third-order valence-corrected chi connectivity index (χ3v) is 4.75. The van der Waals surface area contributed by atoms with E-state index in [1.165, 1.54) is 12.8 Å². The van der Waals surface area contributed by atoms with Gasteiger partial charge in [-0.3, -0.25) is 4.79 Å². The molecule has 0 bridgehead atoms. The number of carbonyl (C=O) groups excluding carboxylic acids is 1. The summed E-state index contributed by atoms with van der Waals surface area (Å²) in [5, 5.41) is 0. The molecule has 4 rings (SSSR count). The number of rotatable bonds is 7. The molecule has 24 heavy (non-hydrogen) atoms. The normalized spacial score (nSPS) is 16.7. The molecule has 0 aromatic heterocycles. The minimum absolute atomic E-state index is 0.180. The predicted molar refractivity (Wildman–Crippen MR) is 94.0 cm³/mol. The largest absolute Gasteiger partial charge is 0.489 e. The second kappa shape index (κ2) is 6.68. The monoisotopic (exact) mass is 321 g/mol. The molecule has 124 valence electrons. The molecule has 1 amide bonds. The lowest BCUT2D eigenvalue weighted by Crippen LogP contribution is -2.34. The van der Waals surface area contributed by atoms with Gasteiger partial charge in [0.1, 0.15) is 12.4 Å². The van der Waals surface area contributed by atoms with Crippen LogP contribution in [0.1, 0.15) is 41.6 Å². The quantitative estimate of drug-likeness (QED) is 0.762. The van der Waals surface area contributed by atoms with Gasteiger partial charge in [-0.15, -0.1) is 0 Å². The van der Waals surface area contributed by atoms with E-state index in [2.05, 4.69) is 4.90 Å². The van der Waals surface area contributed by atoms with Crippen LogP contribution in [0.4, 0.5) is 0 Å². The fraction of sp³-hybridized carbons (Fsp3) is 0.381. The Morgan fingerprint density at radius 2 is 1.67 bits per heavy atom. The van der Waals surface area contributed by atoms with Crippen molar-refractivity contribution in [3.63, 3.8) is 0 Å². The molecule has 2 aromatic rings. The Labute approximate surface area is 143 Å². The van der Waals surface area contributed by atoms with E-state index >= 15 is 0 Å². The van der Waals surface area contributed by atoms with Crippen molar-refractivity contribution in [2.75, 3.05) is 6.54 Å². The van der Waals surface area contributed by atoms with E-state index in [-0.39, 0.29) is 5.91 Å². The SMILES string of the molecule is O=C(c1ccc(OCc2ccccc2)cc1)N(CC1CC1)C1CC1. The molecule has 0 radical (unpaired) electrons. The molecule has 2 aliphatic carbocycles. The minimum atomic E-state index is 0.180. The molecule has 2 aromatic carbocycles. The first-order valence-corrected chi connectivity index (χ1v) is 8.87. The van der Waals surface area contributed by atoms with Crippen LogP contribution >= 0.6 is 0 Å². The standard InChI is InChI=1S/C21H23NO2/c23-21(22(19-10-11-19)14-16-6-7-16)18-8-12-20(13-9-18)24-15-17-4-2-1-3-5-17/h1-5,8-9,12-13,16,19H,6-7,10-11,14-15H2. The Hall–Kier alpha value is -2.29. The molecule has 0 spiro atoms. The molecule has 0 saturated heterocycles. The molecule has 3 heteroatoms. The van der Waals surface area contributed by atoms with Gasteiger partial charge in [-0.05, 0) is 61.4 Å². The van der Waals surface area contributed by atoms with Gasteiger partial charge in [0.05, 0.1) is 0 Å². The first-order valence-electron chi connectivity index (χ1n) is 8.87. The summed E-state index contributed by atoms with van der Waals surface area (Å²) in [6.07, 6.45) is 4.89. The molecule has 2 fully saturated rings. The highest BCUT2D eigenvalue weighted by Crippen LogP contribution is 2.35. The summed E-state index contributed by atoms with van der Waals surface area (Å²) >= 11 is 0. The molecule has 0 N–H and O–H groups in total. The van der Waals surface area contributed by atoms with Crippen LogP contribution in [0.15, 0.2) is 54.6 Å². The number of hydrogen-bond acceptors (Lipinski definition) is 2. The maximum Gasteiger partial charge on any atom is 0.254 e. The van der Waals surface area contributed by atoms with Crippen molar-refractivity contribution in [2.45, 2.75) is 38.3 Å². The predicted octanol–water partition coefficient (Wildman–Crippen LogP) is 4.28. The van der Waals surface area contributed by atoms with Crippen molar-refractivity contribution in [2.24, 2.45) is 5.92 Å². The molecule has 2 aliphatic rings. The highest BCUT2D eigenvalue weighted by Gasteiger charge is 2.36. The summed E-state index contributed by atoms with van der Waals surface area (Å²) in [4.78, 5) is 14.9. The van der Waals surface area contributed by atoms with Crippen molar-refractivity contribution < 1.29 is 9.53 Å². The Morgan fingerprint density at radius 1 is 0.958 bits per heavy atom. The molecule has 2 saturated carbocycles. The number of carbonyl (C=O) groups is 1. The van der Waals surface area contributed by atoms with Crippen LogP contribution in [0.5, 0.6) is 5.75 Å². The van der Waals surface area contributed by atoms with Crippen LogP contribution in [0, 0.1) is 5.92 Å². The second-order valence-electron chi connectivity index (χ2n) is 6.93. The summed E-state index contributed by atoms with van der Waals surface area (Å²) < 4.78 is 5.80. The number of ether oxygens (including phenoxy) is 1. The van der Waals surface area contributed by atoms with Gasteiger partial charge in [-0.1, -0.05) is 30.3 Å². The average molecular weight is 321 g/mol. The van der Waals surface area contributed by atoms with Gasteiger partial charge >= 0.3 is 0 Å². The van der Waals surface area contributed by atoms with E-state index in [0.717, 1.165) is 42.2 Å². The Balaban J connectivity index is 1.38. The number of hydrogen-bond donors (Lipinski definition) is 0. The lowest BCUT2D eigenvalue weighted by molar-refractivity contribution is 0.0734. The van der Waals surface area contributed by atoms with E-state index in [1.54, 1.807) is 0 Å². The zero-order valence-electron chi connectivity index (χ0n) is 13.9. The van der Waals surface area contributed by atoms with Crippen LogP contribution in [0.3, 0.4) is 0 Å². The van der Waals surface area contributed by atoms with Crippen LogP contribution in [0.2, 0.25) is 0 Å². The summed E-state index contributed by atoms with van der Waals surface area (Å²) in [6.45, 7) is 1.49. The molecular weight excluding hydrogens is 298 g/mol. The summed E-state index contributed by atoms with van der Waals surface area (Å²) in [6, 6.07) is 18.2. The third-order valence-electron chi connectivity index (χ3n) is 4.75. The highest BCUT2D eigenvalue weighted by atomic mass is 16.5. The lowest BCUT2D eigenvalue weighted by atomic mass is 10.1. The first-order chi connectivity index (χ1) is 11.8. The summed E-state index contributed by atoms with van der Waals surface area (Å²) in [5.74, 6) is 1.72. The smallest absolute Gasteiger partial charge is 0.254 e. The van der Waals surface area contributed by atoms with Crippen molar-refractivity contribution in [3.05, 3.63) is 65.7 Å². The highest BCUT2D eigenvalue weighted by molar-refractivity contribution is 5.94. The van der Waals surface area contributed by atoms with Gasteiger partial charge in [0, 0.05) is 18.2 Å². The van der Waals surface area contributed by atoms with E-state index < -0.39 is 0 Å². The van der Waals surface area contributed by atoms with Crippen LogP contribution < -0.4 is 4.74 Å². The molecule has 0 heterocycles. The van der Waals surface area contributed by atoms with Gasteiger partial charge in [0.15, 0.2) is 0 Å². The van der Waals surface area contributed by atoms with Gasteiger partial charge in [-0.25, -0.2) is 0 Å². The summed E-state index contributed by atoms with van der Waals surface area (Å²) in [5.41, 5.74) is 1.91. The maximum absolute atomic E-state index is 12.8. The van der Waals surface area contributed by atoms with E-state index in [0.29, 0.717) is 12.6 Å². The Bertz CT molecular complexity index is 688. The molecule has 3 nitrogen and oxygen atoms in total. The number of amides is 1. The van der Waals surface area contributed by atoms with Gasteiger partial charge < -0.3 is 9.64 Å². The maximum atomic E-state index is 12.8. The first kappa shape index (κ1) is 15.3. The zero-order valence-corrected chi connectivity index (χ0v) is 13.9. The molecule has 0 atom stereocenters. The third kappa shape index (κ3) is 3.78. The van der Waals surface area contributed by atoms with E-state index in [4.69, 9.17) is 4.74 Å². The fourth-order valence-corrected chi connectivity index (χ4v) is 2.96. The Kier molecular flexibility index (Phi) is 4.24. The van der Waals surface area contributed by atoms with Gasteiger partial charge in [0.25, 0.3) is 5.91 Å². The summed E-state index contributed by atoms with van der Waals surface area (Å²) in [7, 11) is 0. The van der Waals surface area contributed by atoms with Crippen LogP contribution in [-0.2, 0) is 6.61 Å². The average Bonchev–Trinajstić information content (AvgIpc) is 3.52. The van der Waals surface area contributed by atoms with Crippen LogP contribution in [-0.4, -0.2) is 23.4 Å². The second-order valence-corrected chi connectivity index (χ2v) is 6.93. The molecule has 0 aliphatic heterocycles.